The number of aryl methyl sites for hydroxylation is 1. The minimum Gasteiger partial charge on any atom is -0.444 e. The predicted molar refractivity (Wildman–Crippen MR) is 143 cm³/mol. The lowest BCUT2D eigenvalue weighted by atomic mass is 9.86. The fraction of sp³-hybridized carbons (Fsp3) is 0.643. The van der Waals surface area contributed by atoms with Crippen molar-refractivity contribution in [3.05, 3.63) is 34.9 Å². The molecule has 1 aromatic rings. The van der Waals surface area contributed by atoms with E-state index in [2.05, 4.69) is 17.6 Å². The van der Waals surface area contributed by atoms with Crippen LogP contribution in [0.4, 0.5) is 4.79 Å². The summed E-state index contributed by atoms with van der Waals surface area (Å²) >= 11 is 0. The van der Waals surface area contributed by atoms with E-state index >= 15 is 0 Å². The molecule has 206 valence electrons. The van der Waals surface area contributed by atoms with Gasteiger partial charge < -0.3 is 26.0 Å². The van der Waals surface area contributed by atoms with Gasteiger partial charge in [-0.05, 0) is 77.0 Å². The summed E-state index contributed by atoms with van der Waals surface area (Å²) in [6.07, 6.45) is 3.99. The number of nitrogens with one attached hydrogen (secondary N) is 2. The summed E-state index contributed by atoms with van der Waals surface area (Å²) in [7, 11) is 0. The average molecular weight is 517 g/mol. The zero-order valence-electron chi connectivity index (χ0n) is 23.2. The van der Waals surface area contributed by atoms with E-state index < -0.39 is 42.0 Å². The van der Waals surface area contributed by atoms with E-state index in [0.29, 0.717) is 6.54 Å². The van der Waals surface area contributed by atoms with Gasteiger partial charge in [-0.1, -0.05) is 38.0 Å². The Labute approximate surface area is 220 Å². The molecule has 0 saturated heterocycles. The summed E-state index contributed by atoms with van der Waals surface area (Å²) in [5.41, 5.74) is 7.31. The fourth-order valence-electron chi connectivity index (χ4n) is 4.38. The number of benzene rings is 1. The molecule has 0 bridgehead atoms. The summed E-state index contributed by atoms with van der Waals surface area (Å²) in [5.74, 6) is -1.54. The van der Waals surface area contributed by atoms with Crippen molar-refractivity contribution in [2.45, 2.75) is 110 Å². The highest BCUT2D eigenvalue weighted by Crippen LogP contribution is 2.35. The lowest BCUT2D eigenvalue weighted by Gasteiger charge is -2.44. The van der Waals surface area contributed by atoms with Crippen LogP contribution in [0.25, 0.3) is 0 Å². The largest absolute Gasteiger partial charge is 0.444 e. The van der Waals surface area contributed by atoms with Gasteiger partial charge in [-0.2, -0.15) is 0 Å². The van der Waals surface area contributed by atoms with E-state index in [-0.39, 0.29) is 11.9 Å². The average Bonchev–Trinajstić information content (AvgIpc) is 2.75. The molecule has 1 aromatic carbocycles. The molecule has 1 saturated carbocycles. The van der Waals surface area contributed by atoms with Gasteiger partial charge in [0, 0.05) is 12.6 Å². The molecule has 0 radical (unpaired) electrons. The van der Waals surface area contributed by atoms with Gasteiger partial charge in [0.25, 0.3) is 0 Å². The molecule has 0 aliphatic heterocycles. The molecule has 37 heavy (non-hydrogen) atoms. The monoisotopic (exact) mass is 516 g/mol. The Hall–Kier alpha value is -3.10. The third kappa shape index (κ3) is 8.76. The topological polar surface area (TPSA) is 131 Å². The quantitative estimate of drug-likeness (QED) is 0.364. The van der Waals surface area contributed by atoms with Gasteiger partial charge in [-0.15, -0.1) is 0 Å². The second-order valence-corrected chi connectivity index (χ2v) is 10.9. The molecular formula is C28H44N4O5. The smallest absolute Gasteiger partial charge is 0.408 e. The van der Waals surface area contributed by atoms with E-state index in [9.17, 15) is 19.2 Å². The van der Waals surface area contributed by atoms with Gasteiger partial charge in [0.05, 0.1) is 6.42 Å². The molecule has 1 aliphatic carbocycles. The second kappa shape index (κ2) is 13.4. The van der Waals surface area contributed by atoms with Crippen molar-refractivity contribution in [1.29, 1.82) is 0 Å². The van der Waals surface area contributed by atoms with E-state index in [1.54, 1.807) is 25.7 Å². The minimum absolute atomic E-state index is 0.199. The predicted octanol–water partition coefficient (Wildman–Crippen LogP) is 3.80. The maximum Gasteiger partial charge on any atom is 0.408 e. The Balaban J connectivity index is 2.49. The molecule has 9 heteroatoms. The van der Waals surface area contributed by atoms with Gasteiger partial charge in [-0.3, -0.25) is 14.4 Å². The Kier molecular flexibility index (Phi) is 10.9. The van der Waals surface area contributed by atoms with Crippen molar-refractivity contribution in [1.82, 2.24) is 15.5 Å². The number of carbonyl (C=O) groups excluding carboxylic acids is 4. The number of hydrogen-bond donors (Lipinski definition) is 3. The SMILES string of the molecule is CCCCCNC(=O)C(c1cccc(C)c1C)N(C(=O)C(CC(N)=O)NC(=O)OC(C)(C)C)C1CCC1. The van der Waals surface area contributed by atoms with Gasteiger partial charge in [-0.25, -0.2) is 4.79 Å². The Morgan fingerprint density at radius 3 is 2.35 bits per heavy atom. The molecule has 0 heterocycles. The molecule has 2 unspecified atom stereocenters. The van der Waals surface area contributed by atoms with Crippen molar-refractivity contribution in [2.75, 3.05) is 6.54 Å². The standard InChI is InChI=1S/C28H44N4O5/c1-7-8-9-16-30-25(34)24(21-15-10-12-18(2)19(21)3)32(20-13-11-14-20)26(35)22(17-23(29)33)31-27(36)37-28(4,5)6/h10,12,15,20,22,24H,7-9,11,13-14,16-17H2,1-6H3,(H2,29,33)(H,30,34)(H,31,36). The maximum absolute atomic E-state index is 14.1. The first kappa shape index (κ1) is 30.1. The Bertz CT molecular complexity index is 968. The number of nitrogens with two attached hydrogens (primary N) is 1. The van der Waals surface area contributed by atoms with E-state index in [4.69, 9.17) is 10.5 Å². The van der Waals surface area contributed by atoms with Crippen LogP contribution < -0.4 is 16.4 Å². The molecular weight excluding hydrogens is 472 g/mol. The van der Waals surface area contributed by atoms with Crippen LogP contribution in [-0.2, 0) is 19.1 Å². The van der Waals surface area contributed by atoms with Crippen LogP contribution in [0, 0.1) is 13.8 Å². The highest BCUT2D eigenvalue weighted by molar-refractivity contribution is 5.95. The molecule has 2 atom stereocenters. The van der Waals surface area contributed by atoms with Crippen LogP contribution >= 0.6 is 0 Å². The number of primary amides is 1. The fourth-order valence-corrected chi connectivity index (χ4v) is 4.38. The Morgan fingerprint density at radius 1 is 1.14 bits per heavy atom. The number of nitrogens with zero attached hydrogens (tertiary/aromatic N) is 1. The minimum atomic E-state index is -1.26. The van der Waals surface area contributed by atoms with Gasteiger partial charge in [0.1, 0.15) is 17.7 Å². The zero-order chi connectivity index (χ0) is 27.8. The van der Waals surface area contributed by atoms with Crippen LogP contribution in [-0.4, -0.2) is 52.9 Å². The molecule has 0 aromatic heterocycles. The normalized spacial score (nSPS) is 15.2. The van der Waals surface area contributed by atoms with E-state index in [1.807, 2.05) is 32.0 Å². The number of hydrogen-bond acceptors (Lipinski definition) is 5. The second-order valence-electron chi connectivity index (χ2n) is 10.9. The van der Waals surface area contributed by atoms with Crippen LogP contribution in [0.2, 0.25) is 0 Å². The Morgan fingerprint density at radius 2 is 1.81 bits per heavy atom. The van der Waals surface area contributed by atoms with Crippen molar-refractivity contribution in [3.63, 3.8) is 0 Å². The number of ether oxygens (including phenoxy) is 1. The third-order valence-electron chi connectivity index (χ3n) is 6.66. The van der Waals surface area contributed by atoms with Crippen molar-refractivity contribution < 1.29 is 23.9 Å². The van der Waals surface area contributed by atoms with E-state index in [1.165, 1.54) is 0 Å². The summed E-state index contributed by atoms with van der Waals surface area (Å²) in [6.45, 7) is 11.6. The number of alkyl carbamates (subject to hydrolysis) is 1. The molecule has 1 aliphatic rings. The number of amides is 4. The first-order valence-electron chi connectivity index (χ1n) is 13.3. The molecule has 4 amide bonds. The lowest BCUT2D eigenvalue weighted by Crippen LogP contribution is -2.58. The highest BCUT2D eigenvalue weighted by atomic mass is 16.6. The van der Waals surface area contributed by atoms with Crippen molar-refractivity contribution in [2.24, 2.45) is 5.73 Å². The first-order chi connectivity index (χ1) is 17.4. The summed E-state index contributed by atoms with van der Waals surface area (Å²) in [4.78, 5) is 53.8. The lowest BCUT2D eigenvalue weighted by molar-refractivity contribution is -0.148. The van der Waals surface area contributed by atoms with Crippen LogP contribution in [0.15, 0.2) is 18.2 Å². The van der Waals surface area contributed by atoms with Gasteiger partial charge >= 0.3 is 6.09 Å². The maximum atomic E-state index is 14.1. The van der Waals surface area contributed by atoms with Crippen LogP contribution in [0.1, 0.15) is 95.4 Å². The van der Waals surface area contributed by atoms with Crippen LogP contribution in [0.5, 0.6) is 0 Å². The number of carbonyl (C=O) groups is 4. The molecule has 0 spiro atoms. The molecule has 1 fully saturated rings. The summed E-state index contributed by atoms with van der Waals surface area (Å²) < 4.78 is 5.33. The number of rotatable bonds is 12. The van der Waals surface area contributed by atoms with Crippen LogP contribution in [0.3, 0.4) is 0 Å². The zero-order valence-corrected chi connectivity index (χ0v) is 23.2. The number of unbranched alkanes of at least 4 members (excludes halogenated alkanes) is 2. The molecule has 2 rings (SSSR count). The van der Waals surface area contributed by atoms with Crippen molar-refractivity contribution in [3.8, 4) is 0 Å². The summed E-state index contributed by atoms with van der Waals surface area (Å²) in [5, 5.41) is 5.55. The van der Waals surface area contributed by atoms with Crippen molar-refractivity contribution >= 4 is 23.8 Å². The third-order valence-corrected chi connectivity index (χ3v) is 6.66. The molecule has 4 N–H and O–H groups in total. The molecule has 9 nitrogen and oxygen atoms in total. The first-order valence-corrected chi connectivity index (χ1v) is 13.3. The van der Waals surface area contributed by atoms with Gasteiger partial charge in [0.15, 0.2) is 0 Å². The summed E-state index contributed by atoms with van der Waals surface area (Å²) in [6, 6.07) is 3.34. The highest BCUT2D eigenvalue weighted by Gasteiger charge is 2.42. The van der Waals surface area contributed by atoms with E-state index in [0.717, 1.165) is 55.2 Å². The van der Waals surface area contributed by atoms with Gasteiger partial charge in [0.2, 0.25) is 17.7 Å².